The molecule has 1 aliphatic heterocycles. The molecule has 2 rings (SSSR count). The van der Waals surface area contributed by atoms with E-state index in [0.717, 1.165) is 12.0 Å². The maximum Gasteiger partial charge on any atom is 0.127 e. The van der Waals surface area contributed by atoms with Gasteiger partial charge >= 0.3 is 0 Å². The van der Waals surface area contributed by atoms with Gasteiger partial charge in [-0.05, 0) is 24.0 Å². The van der Waals surface area contributed by atoms with Crippen molar-refractivity contribution >= 4 is 0 Å². The molecule has 1 fully saturated rings. The highest BCUT2D eigenvalue weighted by Gasteiger charge is 2.42. The van der Waals surface area contributed by atoms with Crippen molar-refractivity contribution in [3.8, 4) is 0 Å². The topological polar surface area (TPSA) is 9.23 Å². The SMILES string of the molecule is CC(C)CC1(c2ccccc2F)COC1. The lowest BCUT2D eigenvalue weighted by Gasteiger charge is -2.43. The summed E-state index contributed by atoms with van der Waals surface area (Å²) >= 11 is 0. The molecule has 82 valence electrons. The molecule has 0 spiro atoms. The zero-order valence-electron chi connectivity index (χ0n) is 9.29. The summed E-state index contributed by atoms with van der Waals surface area (Å²) in [5.41, 5.74) is 0.754. The summed E-state index contributed by atoms with van der Waals surface area (Å²) in [6, 6.07) is 7.07. The van der Waals surface area contributed by atoms with Crippen LogP contribution in [-0.4, -0.2) is 13.2 Å². The Morgan fingerprint density at radius 2 is 2.00 bits per heavy atom. The van der Waals surface area contributed by atoms with E-state index in [9.17, 15) is 4.39 Å². The van der Waals surface area contributed by atoms with Crippen LogP contribution in [0.3, 0.4) is 0 Å². The van der Waals surface area contributed by atoms with Crippen LogP contribution in [0.25, 0.3) is 0 Å². The predicted molar refractivity (Wildman–Crippen MR) is 58.4 cm³/mol. The first-order chi connectivity index (χ1) is 7.14. The molecule has 1 aromatic carbocycles. The van der Waals surface area contributed by atoms with Crippen molar-refractivity contribution < 1.29 is 9.13 Å². The molecule has 1 saturated heterocycles. The summed E-state index contributed by atoms with van der Waals surface area (Å²) in [6.45, 7) is 5.65. The van der Waals surface area contributed by atoms with E-state index in [4.69, 9.17) is 4.74 Å². The van der Waals surface area contributed by atoms with Gasteiger partial charge < -0.3 is 4.74 Å². The van der Waals surface area contributed by atoms with Gasteiger partial charge in [-0.1, -0.05) is 32.0 Å². The molecular formula is C13H17FO. The van der Waals surface area contributed by atoms with Crippen LogP contribution in [0.4, 0.5) is 4.39 Å². The number of hydrogen-bond donors (Lipinski definition) is 0. The van der Waals surface area contributed by atoms with E-state index in [1.165, 1.54) is 6.07 Å². The van der Waals surface area contributed by atoms with Crippen LogP contribution < -0.4 is 0 Å². The fourth-order valence-corrected chi connectivity index (χ4v) is 2.40. The largest absolute Gasteiger partial charge is 0.379 e. The molecule has 15 heavy (non-hydrogen) atoms. The fraction of sp³-hybridized carbons (Fsp3) is 0.538. The van der Waals surface area contributed by atoms with Crippen molar-refractivity contribution in [3.63, 3.8) is 0 Å². The van der Waals surface area contributed by atoms with Gasteiger partial charge in [-0.25, -0.2) is 4.39 Å². The fourth-order valence-electron chi connectivity index (χ4n) is 2.40. The Bertz CT molecular complexity index is 342. The summed E-state index contributed by atoms with van der Waals surface area (Å²) in [5.74, 6) is 0.468. The molecule has 0 atom stereocenters. The van der Waals surface area contributed by atoms with Gasteiger partial charge in [-0.2, -0.15) is 0 Å². The normalized spacial score (nSPS) is 18.9. The number of benzene rings is 1. The molecule has 1 nitrogen and oxygen atoms in total. The third-order valence-electron chi connectivity index (χ3n) is 3.00. The van der Waals surface area contributed by atoms with Gasteiger partial charge in [0.25, 0.3) is 0 Å². The Kier molecular flexibility index (Phi) is 2.79. The van der Waals surface area contributed by atoms with Crippen LogP contribution in [0, 0.1) is 11.7 Å². The lowest BCUT2D eigenvalue weighted by atomic mass is 9.72. The maximum atomic E-state index is 13.7. The first-order valence-corrected chi connectivity index (χ1v) is 5.47. The second-order valence-corrected chi connectivity index (χ2v) is 4.85. The van der Waals surface area contributed by atoms with E-state index in [-0.39, 0.29) is 11.2 Å². The maximum absolute atomic E-state index is 13.7. The minimum absolute atomic E-state index is 0.0699. The zero-order chi connectivity index (χ0) is 10.9. The van der Waals surface area contributed by atoms with Gasteiger partial charge in [0.05, 0.1) is 13.2 Å². The first-order valence-electron chi connectivity index (χ1n) is 5.47. The van der Waals surface area contributed by atoms with Crippen molar-refractivity contribution in [2.75, 3.05) is 13.2 Å². The second kappa shape index (κ2) is 3.93. The highest BCUT2D eigenvalue weighted by atomic mass is 19.1. The van der Waals surface area contributed by atoms with Gasteiger partial charge in [0.1, 0.15) is 5.82 Å². The summed E-state index contributed by atoms with van der Waals surface area (Å²) in [6.07, 6.45) is 0.994. The molecule has 0 unspecified atom stereocenters. The zero-order valence-corrected chi connectivity index (χ0v) is 9.29. The van der Waals surface area contributed by atoms with Gasteiger partial charge in [-0.15, -0.1) is 0 Å². The van der Waals surface area contributed by atoms with Crippen molar-refractivity contribution in [1.82, 2.24) is 0 Å². The standard InChI is InChI=1S/C13H17FO/c1-10(2)7-13(8-15-9-13)11-5-3-4-6-12(11)14/h3-6,10H,7-9H2,1-2H3. The Balaban J connectivity index is 2.30. The van der Waals surface area contributed by atoms with Crippen LogP contribution in [0.5, 0.6) is 0 Å². The van der Waals surface area contributed by atoms with E-state index in [1.54, 1.807) is 6.07 Å². The molecule has 1 heterocycles. The van der Waals surface area contributed by atoms with E-state index >= 15 is 0 Å². The Labute approximate surface area is 90.3 Å². The smallest absolute Gasteiger partial charge is 0.127 e. The molecule has 0 N–H and O–H groups in total. The Morgan fingerprint density at radius 1 is 1.33 bits per heavy atom. The van der Waals surface area contributed by atoms with Crippen LogP contribution in [0.15, 0.2) is 24.3 Å². The summed E-state index contributed by atoms with van der Waals surface area (Å²) in [5, 5.41) is 0. The van der Waals surface area contributed by atoms with E-state index in [1.807, 2.05) is 12.1 Å². The van der Waals surface area contributed by atoms with Crippen LogP contribution in [-0.2, 0) is 10.2 Å². The average Bonchev–Trinajstić information content (AvgIpc) is 2.12. The van der Waals surface area contributed by atoms with Gasteiger partial charge in [-0.3, -0.25) is 0 Å². The first kappa shape index (κ1) is 10.6. The highest BCUT2D eigenvalue weighted by Crippen LogP contribution is 2.39. The van der Waals surface area contributed by atoms with E-state index in [0.29, 0.717) is 19.1 Å². The van der Waals surface area contributed by atoms with E-state index < -0.39 is 0 Å². The minimum Gasteiger partial charge on any atom is -0.379 e. The summed E-state index contributed by atoms with van der Waals surface area (Å²) in [4.78, 5) is 0. The molecule has 0 amide bonds. The van der Waals surface area contributed by atoms with Crippen LogP contribution in [0.2, 0.25) is 0 Å². The van der Waals surface area contributed by atoms with Crippen LogP contribution >= 0.6 is 0 Å². The molecule has 1 aliphatic rings. The third kappa shape index (κ3) is 1.91. The number of ether oxygens (including phenoxy) is 1. The van der Waals surface area contributed by atoms with Gasteiger partial charge in [0.2, 0.25) is 0 Å². The van der Waals surface area contributed by atoms with Crippen molar-refractivity contribution in [2.24, 2.45) is 5.92 Å². The lowest BCUT2D eigenvalue weighted by Crippen LogP contribution is -2.48. The van der Waals surface area contributed by atoms with Gasteiger partial charge in [0, 0.05) is 5.41 Å². The number of hydrogen-bond acceptors (Lipinski definition) is 1. The molecule has 0 bridgehead atoms. The molecular weight excluding hydrogens is 191 g/mol. The van der Waals surface area contributed by atoms with Crippen LogP contribution in [0.1, 0.15) is 25.8 Å². The van der Waals surface area contributed by atoms with Crippen molar-refractivity contribution in [1.29, 1.82) is 0 Å². The lowest BCUT2D eigenvalue weighted by molar-refractivity contribution is -0.0713. The summed E-state index contributed by atoms with van der Waals surface area (Å²) in [7, 11) is 0. The van der Waals surface area contributed by atoms with Gasteiger partial charge in [0.15, 0.2) is 0 Å². The molecule has 0 saturated carbocycles. The molecule has 1 aromatic rings. The summed E-state index contributed by atoms with van der Waals surface area (Å²) < 4.78 is 19.0. The quantitative estimate of drug-likeness (QED) is 0.741. The monoisotopic (exact) mass is 208 g/mol. The third-order valence-corrected chi connectivity index (χ3v) is 3.00. The molecule has 0 aromatic heterocycles. The van der Waals surface area contributed by atoms with E-state index in [2.05, 4.69) is 13.8 Å². The minimum atomic E-state index is -0.0959. The molecule has 0 aliphatic carbocycles. The molecule has 2 heteroatoms. The van der Waals surface area contributed by atoms with Crippen molar-refractivity contribution in [3.05, 3.63) is 35.6 Å². The average molecular weight is 208 g/mol. The molecule has 0 radical (unpaired) electrons. The Morgan fingerprint density at radius 3 is 2.47 bits per heavy atom. The number of rotatable bonds is 3. The predicted octanol–water partition coefficient (Wildman–Crippen LogP) is 3.14. The van der Waals surface area contributed by atoms with Crippen molar-refractivity contribution in [2.45, 2.75) is 25.7 Å². The second-order valence-electron chi connectivity index (χ2n) is 4.85. The highest BCUT2D eigenvalue weighted by molar-refractivity contribution is 5.29. The number of halogens is 1. The Hall–Kier alpha value is -0.890.